The van der Waals surface area contributed by atoms with Gasteiger partial charge in [-0.2, -0.15) is 0 Å². The van der Waals surface area contributed by atoms with Gasteiger partial charge >= 0.3 is 0 Å². The highest BCUT2D eigenvalue weighted by Gasteiger charge is 2.50. The minimum atomic E-state index is -0.163. The van der Waals surface area contributed by atoms with Crippen molar-refractivity contribution in [3.05, 3.63) is 23.8 Å². The van der Waals surface area contributed by atoms with Gasteiger partial charge in [-0.1, -0.05) is 6.07 Å². The van der Waals surface area contributed by atoms with Crippen LogP contribution in [0.2, 0.25) is 0 Å². The van der Waals surface area contributed by atoms with E-state index in [1.807, 2.05) is 6.07 Å². The summed E-state index contributed by atoms with van der Waals surface area (Å²) in [5.41, 5.74) is 1.47. The predicted octanol–water partition coefficient (Wildman–Crippen LogP) is 2.19. The Kier molecular flexibility index (Phi) is 3.84. The van der Waals surface area contributed by atoms with Crippen LogP contribution in [0.4, 0.5) is 0 Å². The van der Waals surface area contributed by atoms with Crippen LogP contribution in [0.5, 0.6) is 11.5 Å². The molecule has 1 aromatic carbocycles. The Labute approximate surface area is 126 Å². The molecule has 0 bridgehead atoms. The van der Waals surface area contributed by atoms with E-state index in [2.05, 4.69) is 24.1 Å². The Morgan fingerprint density at radius 2 is 1.95 bits per heavy atom. The first-order valence-corrected chi connectivity index (χ1v) is 7.71. The summed E-state index contributed by atoms with van der Waals surface area (Å²) in [6.45, 7) is 1.09. The van der Waals surface area contributed by atoms with Gasteiger partial charge in [-0.05, 0) is 57.0 Å². The van der Waals surface area contributed by atoms with E-state index in [0.717, 1.165) is 43.7 Å². The van der Waals surface area contributed by atoms with E-state index in [-0.39, 0.29) is 11.5 Å². The van der Waals surface area contributed by atoms with Gasteiger partial charge in [-0.15, -0.1) is 0 Å². The zero-order valence-corrected chi connectivity index (χ0v) is 13.1. The van der Waals surface area contributed by atoms with E-state index in [1.54, 1.807) is 14.2 Å². The van der Waals surface area contributed by atoms with Crippen molar-refractivity contribution in [2.45, 2.75) is 43.2 Å². The summed E-state index contributed by atoms with van der Waals surface area (Å²) in [5, 5.41) is 10.0. The minimum Gasteiger partial charge on any atom is -0.493 e. The van der Waals surface area contributed by atoms with Crippen LogP contribution in [0.3, 0.4) is 0 Å². The van der Waals surface area contributed by atoms with Crippen molar-refractivity contribution in [1.82, 2.24) is 4.90 Å². The predicted molar refractivity (Wildman–Crippen MR) is 82.1 cm³/mol. The number of aliphatic hydroxyl groups excluding tert-OH is 1. The average Bonchev–Trinajstić information content (AvgIpc) is 2.85. The van der Waals surface area contributed by atoms with Gasteiger partial charge in [0, 0.05) is 11.5 Å². The molecule has 4 heteroatoms. The highest BCUT2D eigenvalue weighted by atomic mass is 16.5. The molecule has 3 atom stereocenters. The number of ether oxygens (including phenoxy) is 2. The molecular weight excluding hydrogens is 266 g/mol. The maximum Gasteiger partial charge on any atom is 0.161 e. The van der Waals surface area contributed by atoms with Crippen molar-refractivity contribution >= 4 is 0 Å². The van der Waals surface area contributed by atoms with E-state index in [0.29, 0.717) is 6.04 Å². The molecule has 2 aliphatic rings. The lowest BCUT2D eigenvalue weighted by Gasteiger charge is -2.43. The van der Waals surface area contributed by atoms with Crippen molar-refractivity contribution in [2.24, 2.45) is 0 Å². The van der Waals surface area contributed by atoms with Crippen molar-refractivity contribution < 1.29 is 14.6 Å². The van der Waals surface area contributed by atoms with Crippen molar-refractivity contribution in [3.8, 4) is 11.5 Å². The molecule has 1 saturated heterocycles. The Hall–Kier alpha value is -1.26. The molecule has 4 nitrogen and oxygen atoms in total. The summed E-state index contributed by atoms with van der Waals surface area (Å²) in [7, 11) is 5.52. The third-order valence-corrected chi connectivity index (χ3v) is 5.46. The quantitative estimate of drug-likeness (QED) is 0.927. The maximum absolute atomic E-state index is 10.0. The molecule has 1 aliphatic carbocycles. The van der Waals surface area contributed by atoms with Gasteiger partial charge in [0.05, 0.1) is 20.3 Å². The molecule has 1 aliphatic heterocycles. The number of methoxy groups -OCH3 is 2. The Morgan fingerprint density at radius 1 is 1.19 bits per heavy atom. The average molecular weight is 291 g/mol. The van der Waals surface area contributed by atoms with Crippen molar-refractivity contribution in [3.63, 3.8) is 0 Å². The summed E-state index contributed by atoms with van der Waals surface area (Å²) in [6, 6.07) is 6.72. The van der Waals surface area contributed by atoms with E-state index >= 15 is 0 Å². The standard InChI is InChI=1S/C17H25NO3/c1-18-9-8-17(7-6-13(19)11-16(17)18)12-4-5-14(20-2)15(10-12)21-3/h4-5,10,13,16,19H,6-9,11H2,1-3H3/t13-,16-,17-/m1/s1. The molecule has 1 aromatic rings. The number of likely N-dealkylation sites (N-methyl/N-ethyl adjacent to an activating group) is 1. The van der Waals surface area contributed by atoms with Crippen LogP contribution in [0, 0.1) is 0 Å². The first kappa shape index (κ1) is 14.7. The van der Waals surface area contributed by atoms with Gasteiger partial charge in [-0.3, -0.25) is 0 Å². The normalized spacial score (nSPS) is 32.8. The highest BCUT2D eigenvalue weighted by Crippen LogP contribution is 2.49. The molecule has 3 rings (SSSR count). The molecule has 1 heterocycles. The molecule has 1 saturated carbocycles. The zero-order chi connectivity index (χ0) is 15.0. The maximum atomic E-state index is 10.0. The second-order valence-electron chi connectivity index (χ2n) is 6.40. The van der Waals surface area contributed by atoms with Crippen LogP contribution in [-0.2, 0) is 5.41 Å². The van der Waals surface area contributed by atoms with Gasteiger partial charge < -0.3 is 19.5 Å². The SMILES string of the molecule is COc1ccc([C@]23CC[C@@H](O)C[C@H]2N(C)CC3)cc1OC. The fraction of sp³-hybridized carbons (Fsp3) is 0.647. The molecule has 21 heavy (non-hydrogen) atoms. The van der Waals surface area contributed by atoms with Crippen molar-refractivity contribution in [1.29, 1.82) is 0 Å². The monoisotopic (exact) mass is 291 g/mol. The summed E-state index contributed by atoms with van der Waals surface area (Å²) < 4.78 is 10.8. The fourth-order valence-corrected chi connectivity index (χ4v) is 4.24. The van der Waals surface area contributed by atoms with E-state index in [1.165, 1.54) is 5.56 Å². The lowest BCUT2D eigenvalue weighted by atomic mass is 9.65. The molecule has 116 valence electrons. The number of fused-ring (bicyclic) bond motifs is 1. The van der Waals surface area contributed by atoms with Gasteiger partial charge in [0.2, 0.25) is 0 Å². The molecule has 1 N–H and O–H groups in total. The molecule has 0 aromatic heterocycles. The van der Waals surface area contributed by atoms with E-state index in [9.17, 15) is 5.11 Å². The number of benzene rings is 1. The van der Waals surface area contributed by atoms with Crippen LogP contribution >= 0.6 is 0 Å². The topological polar surface area (TPSA) is 41.9 Å². The van der Waals surface area contributed by atoms with Gasteiger partial charge in [-0.25, -0.2) is 0 Å². The lowest BCUT2D eigenvalue weighted by Crippen LogP contribution is -2.47. The minimum absolute atomic E-state index is 0.146. The first-order chi connectivity index (χ1) is 10.1. The second kappa shape index (κ2) is 5.50. The van der Waals surface area contributed by atoms with Crippen LogP contribution in [0.1, 0.15) is 31.2 Å². The van der Waals surface area contributed by atoms with Crippen LogP contribution in [0.15, 0.2) is 18.2 Å². The third kappa shape index (κ3) is 2.30. The molecule has 0 spiro atoms. The van der Waals surface area contributed by atoms with Gasteiger partial charge in [0.1, 0.15) is 0 Å². The van der Waals surface area contributed by atoms with Gasteiger partial charge in [0.15, 0.2) is 11.5 Å². The first-order valence-electron chi connectivity index (χ1n) is 7.71. The largest absolute Gasteiger partial charge is 0.493 e. The Balaban J connectivity index is 2.01. The fourth-order valence-electron chi connectivity index (χ4n) is 4.24. The molecule has 2 fully saturated rings. The smallest absolute Gasteiger partial charge is 0.161 e. The summed E-state index contributed by atoms with van der Waals surface area (Å²) in [6.07, 6.45) is 3.78. The number of nitrogens with zero attached hydrogens (tertiary/aromatic N) is 1. The van der Waals surface area contributed by atoms with Crippen molar-refractivity contribution in [2.75, 3.05) is 27.8 Å². The Bertz CT molecular complexity index is 519. The highest BCUT2D eigenvalue weighted by molar-refractivity contribution is 5.46. The molecule has 0 unspecified atom stereocenters. The van der Waals surface area contributed by atoms with Crippen LogP contribution in [-0.4, -0.2) is 50.0 Å². The molecule has 0 radical (unpaired) electrons. The number of aliphatic hydroxyl groups is 1. The number of hydrogen-bond donors (Lipinski definition) is 1. The van der Waals surface area contributed by atoms with E-state index < -0.39 is 0 Å². The summed E-state index contributed by atoms with van der Waals surface area (Å²) in [4.78, 5) is 2.40. The number of hydrogen-bond acceptors (Lipinski definition) is 4. The Morgan fingerprint density at radius 3 is 2.67 bits per heavy atom. The molecular formula is C17H25NO3. The lowest BCUT2D eigenvalue weighted by molar-refractivity contribution is 0.0566. The number of rotatable bonds is 3. The summed E-state index contributed by atoms with van der Waals surface area (Å²) in [5.74, 6) is 1.57. The zero-order valence-electron chi connectivity index (χ0n) is 13.1. The van der Waals surface area contributed by atoms with E-state index in [4.69, 9.17) is 9.47 Å². The van der Waals surface area contributed by atoms with Gasteiger partial charge in [0.25, 0.3) is 0 Å². The number of likely N-dealkylation sites (tertiary alicyclic amines) is 1. The molecule has 0 amide bonds. The van der Waals surface area contributed by atoms with Crippen LogP contribution in [0.25, 0.3) is 0 Å². The summed E-state index contributed by atoms with van der Waals surface area (Å²) >= 11 is 0. The third-order valence-electron chi connectivity index (χ3n) is 5.46. The second-order valence-corrected chi connectivity index (χ2v) is 6.40. The van der Waals surface area contributed by atoms with Crippen LogP contribution < -0.4 is 9.47 Å².